The molecule has 0 bridgehead atoms. The second kappa shape index (κ2) is 12.0. The maximum absolute atomic E-state index is 11.9. The van der Waals surface area contributed by atoms with Gasteiger partial charge in [-0.25, -0.2) is 4.99 Å². The minimum atomic E-state index is -0.431. The first kappa shape index (κ1) is 25.1. The summed E-state index contributed by atoms with van der Waals surface area (Å²) in [6.07, 6.45) is 2.78. The van der Waals surface area contributed by atoms with Crippen molar-refractivity contribution in [3.63, 3.8) is 0 Å². The largest absolute Gasteiger partial charge is 0.361 e. The van der Waals surface area contributed by atoms with Crippen LogP contribution in [0.1, 0.15) is 11.1 Å². The number of fused-ring (bicyclic) bond motifs is 1. The van der Waals surface area contributed by atoms with Crippen molar-refractivity contribution in [3.8, 4) is 0 Å². The summed E-state index contributed by atoms with van der Waals surface area (Å²) >= 11 is 0. The third-order valence-electron chi connectivity index (χ3n) is 4.83. The van der Waals surface area contributed by atoms with Crippen LogP contribution in [0.5, 0.6) is 0 Å². The average Bonchev–Trinajstić information content (AvgIpc) is 3.18. The zero-order valence-corrected chi connectivity index (χ0v) is 20.3. The number of hydrogen-bond acceptors (Lipinski definition) is 4. The third kappa shape index (κ3) is 6.94. The summed E-state index contributed by atoms with van der Waals surface area (Å²) in [6.45, 7) is 1.08. The molecule has 170 valence electrons. The SMILES string of the molecule is CN(C)C(=O)CNC(=NCc1ccc([N+](=O)[O-])cc1)NCCc1c[nH]c2ccccc12.I. The maximum Gasteiger partial charge on any atom is 0.269 e. The number of nitro benzene ring substituents is 1. The molecule has 1 aromatic heterocycles. The predicted octanol–water partition coefficient (Wildman–Crippen LogP) is 3.06. The lowest BCUT2D eigenvalue weighted by Crippen LogP contribution is -2.43. The molecule has 0 saturated heterocycles. The van der Waals surface area contributed by atoms with Crippen LogP contribution >= 0.6 is 24.0 Å². The normalized spacial score (nSPS) is 11.0. The van der Waals surface area contributed by atoms with Crippen molar-refractivity contribution in [2.75, 3.05) is 27.2 Å². The van der Waals surface area contributed by atoms with Gasteiger partial charge in [-0.15, -0.1) is 24.0 Å². The van der Waals surface area contributed by atoms with E-state index < -0.39 is 4.92 Å². The Balaban J connectivity index is 0.00000363. The fourth-order valence-electron chi connectivity index (χ4n) is 3.04. The van der Waals surface area contributed by atoms with Gasteiger partial charge in [0.05, 0.1) is 18.0 Å². The molecule has 0 spiro atoms. The first-order valence-electron chi connectivity index (χ1n) is 9.94. The Kier molecular flexibility index (Phi) is 9.44. The van der Waals surface area contributed by atoms with Gasteiger partial charge in [0, 0.05) is 49.9 Å². The summed E-state index contributed by atoms with van der Waals surface area (Å²) in [4.78, 5) is 31.6. The number of nitro groups is 1. The van der Waals surface area contributed by atoms with E-state index in [4.69, 9.17) is 0 Å². The zero-order chi connectivity index (χ0) is 22.2. The number of carbonyl (C=O) groups excluding carboxylic acids is 1. The number of nitrogens with one attached hydrogen (secondary N) is 3. The number of aromatic nitrogens is 1. The number of para-hydroxylation sites is 1. The van der Waals surface area contributed by atoms with Gasteiger partial charge in [0.15, 0.2) is 5.96 Å². The number of rotatable bonds is 8. The molecule has 0 atom stereocenters. The summed E-state index contributed by atoms with van der Waals surface area (Å²) < 4.78 is 0. The number of guanidine groups is 1. The highest BCUT2D eigenvalue weighted by molar-refractivity contribution is 14.0. The van der Waals surface area contributed by atoms with E-state index in [-0.39, 0.29) is 42.1 Å². The van der Waals surface area contributed by atoms with Crippen LogP contribution in [0.3, 0.4) is 0 Å². The quantitative estimate of drug-likeness (QED) is 0.131. The molecular formula is C22H27IN6O3. The molecule has 0 unspecified atom stereocenters. The molecule has 3 rings (SSSR count). The van der Waals surface area contributed by atoms with Crippen LogP contribution in [0, 0.1) is 10.1 Å². The van der Waals surface area contributed by atoms with Gasteiger partial charge >= 0.3 is 0 Å². The molecule has 0 fully saturated rings. The van der Waals surface area contributed by atoms with E-state index in [1.807, 2.05) is 24.4 Å². The minimum absolute atomic E-state index is 0. The number of aromatic amines is 1. The number of non-ortho nitro benzene ring substituents is 1. The Morgan fingerprint density at radius 2 is 1.84 bits per heavy atom. The number of amides is 1. The Hall–Kier alpha value is -3.15. The van der Waals surface area contributed by atoms with Crippen LogP contribution in [0.4, 0.5) is 5.69 Å². The number of carbonyl (C=O) groups is 1. The lowest BCUT2D eigenvalue weighted by molar-refractivity contribution is -0.384. The molecule has 2 aromatic carbocycles. The van der Waals surface area contributed by atoms with Crippen molar-refractivity contribution in [2.45, 2.75) is 13.0 Å². The minimum Gasteiger partial charge on any atom is -0.361 e. The lowest BCUT2D eigenvalue weighted by Gasteiger charge is -2.15. The first-order valence-corrected chi connectivity index (χ1v) is 9.94. The van der Waals surface area contributed by atoms with Gasteiger partial charge in [-0.3, -0.25) is 14.9 Å². The van der Waals surface area contributed by atoms with Gasteiger partial charge < -0.3 is 20.5 Å². The molecule has 0 saturated carbocycles. The second-order valence-electron chi connectivity index (χ2n) is 7.27. The van der Waals surface area contributed by atoms with Crippen LogP contribution < -0.4 is 10.6 Å². The predicted molar refractivity (Wildman–Crippen MR) is 136 cm³/mol. The van der Waals surface area contributed by atoms with Gasteiger partial charge in [0.1, 0.15) is 0 Å². The molecule has 0 aliphatic carbocycles. The summed E-state index contributed by atoms with van der Waals surface area (Å²) in [5, 5.41) is 18.3. The molecule has 3 N–H and O–H groups in total. The summed E-state index contributed by atoms with van der Waals surface area (Å²) in [5.41, 5.74) is 3.17. The van der Waals surface area contributed by atoms with Gasteiger partial charge in [0.25, 0.3) is 5.69 Å². The van der Waals surface area contributed by atoms with Gasteiger partial charge in [-0.1, -0.05) is 30.3 Å². The Morgan fingerprint density at radius 1 is 1.12 bits per heavy atom. The number of nitrogens with zero attached hydrogens (tertiary/aromatic N) is 3. The fraction of sp³-hybridized carbons (Fsp3) is 0.273. The van der Waals surface area contributed by atoms with Crippen LogP contribution in [0.15, 0.2) is 59.7 Å². The fourth-order valence-corrected chi connectivity index (χ4v) is 3.04. The summed E-state index contributed by atoms with van der Waals surface area (Å²) in [6, 6.07) is 14.4. The topological polar surface area (TPSA) is 116 Å². The van der Waals surface area contributed by atoms with Gasteiger partial charge in [-0.05, 0) is 23.6 Å². The standard InChI is InChI=1S/C22H26N6O3.HI/c1-27(2)21(29)15-26-22(25-13-16-7-9-18(10-8-16)28(30)31)23-12-11-17-14-24-20-6-4-3-5-19(17)20;/h3-10,14,24H,11-13,15H2,1-2H3,(H2,23,25,26);1H. The van der Waals surface area contributed by atoms with Gasteiger partial charge in [0.2, 0.25) is 5.91 Å². The first-order chi connectivity index (χ1) is 14.9. The van der Waals surface area contributed by atoms with Crippen LogP contribution in [-0.4, -0.2) is 53.9 Å². The van der Waals surface area contributed by atoms with Crippen molar-refractivity contribution in [1.82, 2.24) is 20.5 Å². The summed E-state index contributed by atoms with van der Waals surface area (Å²) in [5.74, 6) is 0.440. The zero-order valence-electron chi connectivity index (χ0n) is 18.0. The molecule has 0 radical (unpaired) electrons. The molecule has 1 amide bonds. The Bertz CT molecular complexity index is 1080. The molecule has 0 aliphatic heterocycles. The van der Waals surface area contributed by atoms with Crippen LogP contribution in [0.2, 0.25) is 0 Å². The van der Waals surface area contributed by atoms with E-state index in [0.717, 1.165) is 17.5 Å². The maximum atomic E-state index is 11.9. The number of benzene rings is 2. The van der Waals surface area contributed by atoms with E-state index in [1.54, 1.807) is 26.2 Å². The van der Waals surface area contributed by atoms with E-state index in [0.29, 0.717) is 19.0 Å². The smallest absolute Gasteiger partial charge is 0.269 e. The molecule has 9 nitrogen and oxygen atoms in total. The number of likely N-dealkylation sites (N-methyl/N-ethyl adjacent to an activating group) is 1. The van der Waals surface area contributed by atoms with Crippen molar-refractivity contribution in [2.24, 2.45) is 4.99 Å². The van der Waals surface area contributed by atoms with E-state index in [1.165, 1.54) is 28.0 Å². The van der Waals surface area contributed by atoms with Crippen LogP contribution in [0.25, 0.3) is 10.9 Å². The monoisotopic (exact) mass is 550 g/mol. The van der Waals surface area contributed by atoms with E-state index in [9.17, 15) is 14.9 Å². The lowest BCUT2D eigenvalue weighted by atomic mass is 10.1. The number of aliphatic imine (C=N–C) groups is 1. The van der Waals surface area contributed by atoms with Crippen molar-refractivity contribution in [3.05, 3.63) is 76.0 Å². The average molecular weight is 550 g/mol. The van der Waals surface area contributed by atoms with Gasteiger partial charge in [-0.2, -0.15) is 0 Å². The van der Waals surface area contributed by atoms with Crippen LogP contribution in [-0.2, 0) is 17.8 Å². The number of hydrogen-bond donors (Lipinski definition) is 3. The third-order valence-corrected chi connectivity index (χ3v) is 4.83. The molecule has 0 aliphatic rings. The Morgan fingerprint density at radius 3 is 2.53 bits per heavy atom. The van der Waals surface area contributed by atoms with E-state index in [2.05, 4.69) is 26.7 Å². The molecule has 32 heavy (non-hydrogen) atoms. The molecular weight excluding hydrogens is 523 g/mol. The van der Waals surface area contributed by atoms with Crippen molar-refractivity contribution < 1.29 is 9.72 Å². The second-order valence-corrected chi connectivity index (χ2v) is 7.27. The highest BCUT2D eigenvalue weighted by atomic mass is 127. The highest BCUT2D eigenvalue weighted by Crippen LogP contribution is 2.17. The van der Waals surface area contributed by atoms with Crippen molar-refractivity contribution >= 4 is 52.4 Å². The Labute approximate surface area is 203 Å². The van der Waals surface area contributed by atoms with Crippen molar-refractivity contribution in [1.29, 1.82) is 0 Å². The van der Waals surface area contributed by atoms with E-state index >= 15 is 0 Å². The molecule has 3 aromatic rings. The number of H-pyrrole nitrogens is 1. The molecule has 10 heteroatoms. The number of halogens is 1. The highest BCUT2D eigenvalue weighted by Gasteiger charge is 2.08. The molecule has 1 heterocycles. The summed E-state index contributed by atoms with van der Waals surface area (Å²) in [7, 11) is 3.39.